The predicted molar refractivity (Wildman–Crippen MR) is 170 cm³/mol. The molecule has 0 unspecified atom stereocenters. The van der Waals surface area contributed by atoms with Crippen LogP contribution in [0.3, 0.4) is 0 Å². The molecule has 0 amide bonds. The van der Waals surface area contributed by atoms with Crippen molar-refractivity contribution in [3.63, 3.8) is 0 Å². The summed E-state index contributed by atoms with van der Waals surface area (Å²) in [5, 5.41) is 11.7. The molecule has 0 spiro atoms. The summed E-state index contributed by atoms with van der Waals surface area (Å²) in [7, 11) is 37.6. The quantitative estimate of drug-likeness (QED) is 0.351. The number of aryl methyl sites for hydroxylation is 1. The van der Waals surface area contributed by atoms with Crippen LogP contribution >= 0.6 is 0 Å². The first-order valence-corrected chi connectivity index (χ1v) is 13.4. The zero-order chi connectivity index (χ0) is 28.3. The van der Waals surface area contributed by atoms with Crippen LogP contribution in [-0.4, -0.2) is 52.1 Å². The topological polar surface area (TPSA) is 49.8 Å². The van der Waals surface area contributed by atoms with E-state index in [1.54, 1.807) is 6.07 Å². The lowest BCUT2D eigenvalue weighted by atomic mass is 9.59. The second-order valence-electron chi connectivity index (χ2n) is 10.7. The minimum absolute atomic E-state index is 0.105. The van der Waals surface area contributed by atoms with Crippen LogP contribution in [-0.2, 0) is 0 Å². The molecule has 1 aliphatic rings. The molecule has 40 heavy (non-hydrogen) atoms. The van der Waals surface area contributed by atoms with E-state index in [0.29, 0.717) is 39.4 Å². The third-order valence-corrected chi connectivity index (χ3v) is 8.29. The Morgan fingerprint density at radius 3 is 2.00 bits per heavy atom. The van der Waals surface area contributed by atoms with Crippen molar-refractivity contribution in [1.29, 1.82) is 5.26 Å². The largest absolute Gasteiger partial charge is 0.455 e. The van der Waals surface area contributed by atoms with Crippen LogP contribution in [0.4, 0.5) is 0 Å². The van der Waals surface area contributed by atoms with Gasteiger partial charge in [0.2, 0.25) is 0 Å². The number of furan rings is 1. The van der Waals surface area contributed by atoms with Crippen molar-refractivity contribution in [1.82, 2.24) is 4.98 Å². The number of pyridine rings is 1. The molecule has 3 nitrogen and oxygen atoms in total. The van der Waals surface area contributed by atoms with E-state index in [1.165, 1.54) is 24.8 Å². The molecule has 178 valence electrons. The highest BCUT2D eigenvalue weighted by molar-refractivity contribution is 6.68. The Bertz CT molecular complexity index is 1850. The van der Waals surface area contributed by atoms with E-state index in [-0.39, 0.29) is 27.3 Å². The first-order valence-electron chi connectivity index (χ1n) is 13.4. The zero-order valence-electron chi connectivity index (χ0n) is 22.3. The minimum atomic E-state index is 0.105. The molecule has 0 N–H and O–H groups in total. The molecule has 3 aromatic carbocycles. The molecule has 2 aromatic heterocycles. The first kappa shape index (κ1) is 26.7. The van der Waals surface area contributed by atoms with Crippen molar-refractivity contribution >= 4 is 102 Å². The third-order valence-electron chi connectivity index (χ3n) is 8.29. The number of benzene rings is 3. The minimum Gasteiger partial charge on any atom is -0.455 e. The predicted octanol–water partition coefficient (Wildman–Crippen LogP) is 1.31. The van der Waals surface area contributed by atoms with Crippen molar-refractivity contribution in [3.05, 3.63) is 53.1 Å². The van der Waals surface area contributed by atoms with E-state index in [9.17, 15) is 5.26 Å². The molecular weight excluding hydrogens is 481 g/mol. The van der Waals surface area contributed by atoms with Gasteiger partial charge in [0, 0.05) is 21.9 Å². The van der Waals surface area contributed by atoms with Crippen LogP contribution in [0.25, 0.3) is 44.3 Å². The summed E-state index contributed by atoms with van der Waals surface area (Å²) in [6.45, 7) is 2.02. The van der Waals surface area contributed by atoms with Gasteiger partial charge in [-0.25, -0.2) is 0 Å². The lowest BCUT2D eigenvalue weighted by Crippen LogP contribution is -2.55. The van der Waals surface area contributed by atoms with Crippen molar-refractivity contribution in [2.24, 2.45) is 0 Å². The van der Waals surface area contributed by atoms with Crippen LogP contribution in [0, 0.1) is 18.3 Å². The maximum atomic E-state index is 10.1. The molecule has 0 saturated heterocycles. The number of aromatic nitrogens is 1. The van der Waals surface area contributed by atoms with Crippen LogP contribution in [0.5, 0.6) is 0 Å². The highest BCUT2D eigenvalue weighted by Gasteiger charge is 2.24. The lowest BCUT2D eigenvalue weighted by molar-refractivity contribution is 0.443. The summed E-state index contributed by atoms with van der Waals surface area (Å²) < 4.78 is 6.64. The normalized spacial score (nSPS) is 14.1. The van der Waals surface area contributed by atoms with Crippen molar-refractivity contribution < 1.29 is 4.42 Å². The van der Waals surface area contributed by atoms with E-state index in [0.717, 1.165) is 40.4 Å². The Morgan fingerprint density at radius 2 is 1.35 bits per heavy atom. The van der Waals surface area contributed by atoms with Crippen molar-refractivity contribution in [2.75, 3.05) is 0 Å². The molecular formula is C31H20B6N2O. The van der Waals surface area contributed by atoms with Gasteiger partial charge in [0.25, 0.3) is 0 Å². The molecule has 2 heterocycles. The Kier molecular flexibility index (Phi) is 6.78. The van der Waals surface area contributed by atoms with Gasteiger partial charge < -0.3 is 4.42 Å². The fourth-order valence-electron chi connectivity index (χ4n) is 6.15. The average Bonchev–Trinajstić information content (AvgIpc) is 3.33. The zero-order valence-corrected chi connectivity index (χ0v) is 22.3. The molecule has 1 fully saturated rings. The standard InChI is InChI=1S/C31H20B6N2O/c1-14-7-9-18-19-10-8-16(13-38)23(24-25(33)27(35)29(37)28(36)26(24)34)31(19)40-30(18)22(14)20-11-17(12-21(32)39-20)15-5-3-2-4-6-15/h7-12,15H,2-6H2,1H3. The van der Waals surface area contributed by atoms with Gasteiger partial charge in [0.15, 0.2) is 0 Å². The number of rotatable bonds is 3. The molecule has 0 bridgehead atoms. The van der Waals surface area contributed by atoms with Gasteiger partial charge in [0.1, 0.15) is 58.2 Å². The number of nitriles is 1. The summed E-state index contributed by atoms with van der Waals surface area (Å²) in [6.07, 6.45) is 6.00. The van der Waals surface area contributed by atoms with Gasteiger partial charge in [-0.05, 0) is 72.2 Å². The molecule has 0 aliphatic heterocycles. The molecule has 9 heteroatoms. The molecule has 0 atom stereocenters. The van der Waals surface area contributed by atoms with E-state index in [2.05, 4.69) is 12.1 Å². The van der Waals surface area contributed by atoms with Gasteiger partial charge in [-0.1, -0.05) is 42.3 Å². The number of hydrogen-bond acceptors (Lipinski definition) is 3. The van der Waals surface area contributed by atoms with E-state index in [4.69, 9.17) is 56.5 Å². The van der Waals surface area contributed by atoms with E-state index < -0.39 is 0 Å². The fourth-order valence-corrected chi connectivity index (χ4v) is 6.15. The van der Waals surface area contributed by atoms with Gasteiger partial charge in [-0.2, -0.15) is 5.26 Å². The summed E-state index contributed by atoms with van der Waals surface area (Å²) in [4.78, 5) is 4.73. The summed E-state index contributed by atoms with van der Waals surface area (Å²) in [5.41, 5.74) is 6.99. The second-order valence-corrected chi connectivity index (χ2v) is 10.7. The summed E-state index contributed by atoms with van der Waals surface area (Å²) in [6, 6.07) is 14.0. The third kappa shape index (κ3) is 4.15. The maximum absolute atomic E-state index is 10.1. The van der Waals surface area contributed by atoms with E-state index in [1.807, 2.05) is 31.2 Å². The smallest absolute Gasteiger partial charge is 0.145 e. The van der Waals surface area contributed by atoms with Gasteiger partial charge in [0.05, 0.1) is 17.3 Å². The van der Waals surface area contributed by atoms with Crippen LogP contribution in [0.2, 0.25) is 0 Å². The first-order chi connectivity index (χ1) is 19.2. The molecule has 1 saturated carbocycles. The number of nitrogens with zero attached hydrogens (tertiary/aromatic N) is 2. The maximum Gasteiger partial charge on any atom is 0.145 e. The van der Waals surface area contributed by atoms with Gasteiger partial charge >= 0.3 is 0 Å². The number of hydrogen-bond donors (Lipinski definition) is 0. The highest BCUT2D eigenvalue weighted by atomic mass is 16.3. The monoisotopic (exact) mass is 502 g/mol. The van der Waals surface area contributed by atoms with Gasteiger partial charge in [-0.15, -0.1) is 16.4 Å². The van der Waals surface area contributed by atoms with Crippen LogP contribution in [0.15, 0.2) is 40.8 Å². The van der Waals surface area contributed by atoms with Crippen LogP contribution in [0.1, 0.15) is 54.7 Å². The Morgan fingerprint density at radius 1 is 0.750 bits per heavy atom. The number of fused-ring (bicyclic) bond motifs is 3. The van der Waals surface area contributed by atoms with Crippen molar-refractivity contribution in [2.45, 2.75) is 44.9 Å². The Balaban J connectivity index is 1.67. The van der Waals surface area contributed by atoms with Crippen molar-refractivity contribution in [3.8, 4) is 28.5 Å². The van der Waals surface area contributed by atoms with Gasteiger partial charge in [-0.3, -0.25) is 4.98 Å². The molecule has 12 radical (unpaired) electrons. The van der Waals surface area contributed by atoms with E-state index >= 15 is 0 Å². The average molecular weight is 501 g/mol. The molecule has 1 aliphatic carbocycles. The molecule has 5 aromatic rings. The Hall–Kier alpha value is -3.51. The fraction of sp³-hybridized carbons (Fsp3) is 0.226. The Labute approximate surface area is 242 Å². The lowest BCUT2D eigenvalue weighted by Gasteiger charge is -2.23. The van der Waals surface area contributed by atoms with Crippen LogP contribution < -0.4 is 32.9 Å². The SMILES string of the molecule is [B]c1cc(C2CCCCC2)cc(-c2c(C)ccc3c2oc2c(-c4c([B])c([B])c([B])c([B])c4[B])c(C#N)ccc23)n1. The summed E-state index contributed by atoms with van der Waals surface area (Å²) >= 11 is 0. The summed E-state index contributed by atoms with van der Waals surface area (Å²) in [5.74, 6) is 0.463. The second kappa shape index (κ2) is 10.2. The molecule has 6 rings (SSSR count). The highest BCUT2D eigenvalue weighted by Crippen LogP contribution is 2.42.